The molecule has 7 nitrogen and oxygen atoms in total. The Hall–Kier alpha value is -2.58. The Labute approximate surface area is 136 Å². The third kappa shape index (κ3) is 3.43. The molecule has 0 aliphatic carbocycles. The van der Waals surface area contributed by atoms with E-state index >= 15 is 0 Å². The lowest BCUT2D eigenvalue weighted by Gasteiger charge is -2.01. The van der Waals surface area contributed by atoms with Crippen LogP contribution in [0.5, 0.6) is 0 Å². The van der Waals surface area contributed by atoms with Crippen molar-refractivity contribution in [2.24, 2.45) is 0 Å². The number of hydrogen-bond acceptors (Lipinski definition) is 6. The minimum Gasteiger partial charge on any atom is -0.288 e. The Morgan fingerprint density at radius 1 is 1.43 bits per heavy atom. The summed E-state index contributed by atoms with van der Waals surface area (Å²) in [5.41, 5.74) is 6.33. The van der Waals surface area contributed by atoms with Crippen LogP contribution in [0.2, 0.25) is 0 Å². The zero-order valence-corrected chi connectivity index (χ0v) is 13.2. The van der Waals surface area contributed by atoms with Gasteiger partial charge in [0, 0.05) is 29.0 Å². The SMILES string of the molecule is Cc1ncsc1CCn1cc(-c2cccc(C(=O)NO)c2)nn1. The monoisotopic (exact) mass is 329 g/mol. The molecule has 8 heteroatoms. The average Bonchev–Trinajstić information content (AvgIpc) is 3.21. The Balaban J connectivity index is 1.74. The number of aryl methyl sites for hydroxylation is 3. The number of carbonyl (C=O) groups is 1. The van der Waals surface area contributed by atoms with Crippen LogP contribution in [0.1, 0.15) is 20.9 Å². The first-order chi connectivity index (χ1) is 11.2. The summed E-state index contributed by atoms with van der Waals surface area (Å²) in [6, 6.07) is 6.86. The molecule has 0 aliphatic rings. The molecule has 2 aromatic heterocycles. The zero-order valence-electron chi connectivity index (χ0n) is 12.4. The molecule has 3 aromatic rings. The molecule has 23 heavy (non-hydrogen) atoms. The molecule has 0 aliphatic heterocycles. The Bertz CT molecular complexity index is 827. The number of rotatable bonds is 5. The molecule has 1 amide bonds. The minimum absolute atomic E-state index is 0.361. The first-order valence-corrected chi connectivity index (χ1v) is 7.89. The molecule has 2 heterocycles. The van der Waals surface area contributed by atoms with Crippen LogP contribution in [-0.4, -0.2) is 31.1 Å². The number of carbonyl (C=O) groups excluding carboxylic acids is 1. The molecule has 0 radical (unpaired) electrons. The number of hydroxylamine groups is 1. The molecule has 3 rings (SSSR count). The van der Waals surface area contributed by atoms with E-state index in [2.05, 4.69) is 15.3 Å². The molecule has 2 N–H and O–H groups in total. The molecule has 0 unspecified atom stereocenters. The van der Waals surface area contributed by atoms with Crippen molar-refractivity contribution < 1.29 is 10.0 Å². The van der Waals surface area contributed by atoms with Crippen molar-refractivity contribution in [2.45, 2.75) is 19.9 Å². The maximum Gasteiger partial charge on any atom is 0.274 e. The smallest absolute Gasteiger partial charge is 0.274 e. The van der Waals surface area contributed by atoms with Gasteiger partial charge in [0.05, 0.1) is 17.4 Å². The third-order valence-electron chi connectivity index (χ3n) is 3.47. The Morgan fingerprint density at radius 2 is 2.30 bits per heavy atom. The fourth-order valence-corrected chi connectivity index (χ4v) is 2.98. The van der Waals surface area contributed by atoms with Crippen molar-refractivity contribution in [1.82, 2.24) is 25.5 Å². The van der Waals surface area contributed by atoms with E-state index in [1.54, 1.807) is 39.7 Å². The summed E-state index contributed by atoms with van der Waals surface area (Å²) in [4.78, 5) is 16.9. The van der Waals surface area contributed by atoms with E-state index in [0.29, 0.717) is 17.8 Å². The van der Waals surface area contributed by atoms with Gasteiger partial charge in [-0.1, -0.05) is 17.3 Å². The summed E-state index contributed by atoms with van der Waals surface area (Å²) in [5, 5.41) is 17.0. The molecule has 0 saturated heterocycles. The number of nitrogens with one attached hydrogen (secondary N) is 1. The van der Waals surface area contributed by atoms with Crippen LogP contribution in [0.25, 0.3) is 11.3 Å². The van der Waals surface area contributed by atoms with Crippen LogP contribution in [0.3, 0.4) is 0 Å². The Kier molecular flexibility index (Phi) is 4.45. The number of aromatic nitrogens is 4. The summed E-state index contributed by atoms with van der Waals surface area (Å²) >= 11 is 1.64. The van der Waals surface area contributed by atoms with Crippen molar-refractivity contribution in [1.29, 1.82) is 0 Å². The molecular weight excluding hydrogens is 314 g/mol. The topological polar surface area (TPSA) is 92.9 Å². The van der Waals surface area contributed by atoms with E-state index in [4.69, 9.17) is 5.21 Å². The lowest BCUT2D eigenvalue weighted by atomic mass is 10.1. The van der Waals surface area contributed by atoms with E-state index in [0.717, 1.165) is 17.7 Å². The summed E-state index contributed by atoms with van der Waals surface area (Å²) in [6.07, 6.45) is 2.69. The summed E-state index contributed by atoms with van der Waals surface area (Å²) < 4.78 is 1.77. The van der Waals surface area contributed by atoms with Crippen molar-refractivity contribution >= 4 is 17.2 Å². The van der Waals surface area contributed by atoms with Crippen LogP contribution in [-0.2, 0) is 13.0 Å². The molecule has 118 valence electrons. The normalized spacial score (nSPS) is 10.7. The van der Waals surface area contributed by atoms with Gasteiger partial charge >= 0.3 is 0 Å². The first kappa shape index (κ1) is 15.3. The fourth-order valence-electron chi connectivity index (χ4n) is 2.21. The predicted octanol–water partition coefficient (Wildman–Crippen LogP) is 2.07. The van der Waals surface area contributed by atoms with E-state index < -0.39 is 5.91 Å². The predicted molar refractivity (Wildman–Crippen MR) is 85.3 cm³/mol. The van der Waals surface area contributed by atoms with Gasteiger partial charge in [0.25, 0.3) is 5.91 Å². The maximum absolute atomic E-state index is 11.5. The quantitative estimate of drug-likeness (QED) is 0.552. The van der Waals surface area contributed by atoms with Gasteiger partial charge in [-0.25, -0.2) is 10.5 Å². The van der Waals surface area contributed by atoms with Crippen LogP contribution >= 0.6 is 11.3 Å². The lowest BCUT2D eigenvalue weighted by molar-refractivity contribution is 0.0706. The second-order valence-electron chi connectivity index (χ2n) is 5.00. The molecule has 0 atom stereocenters. The summed E-state index contributed by atoms with van der Waals surface area (Å²) in [6.45, 7) is 2.71. The Morgan fingerprint density at radius 3 is 3.04 bits per heavy atom. The molecule has 1 aromatic carbocycles. The number of nitrogens with zero attached hydrogens (tertiary/aromatic N) is 4. The van der Waals surface area contributed by atoms with E-state index in [9.17, 15) is 4.79 Å². The van der Waals surface area contributed by atoms with Crippen molar-refractivity contribution in [3.05, 3.63) is 52.1 Å². The van der Waals surface area contributed by atoms with Gasteiger partial charge in [-0.15, -0.1) is 16.4 Å². The average molecular weight is 329 g/mol. The maximum atomic E-state index is 11.5. The number of amides is 1. The van der Waals surface area contributed by atoms with Crippen molar-refractivity contribution in [3.8, 4) is 11.3 Å². The summed E-state index contributed by atoms with van der Waals surface area (Å²) in [7, 11) is 0. The molecular formula is C15H15N5O2S. The number of benzene rings is 1. The van der Waals surface area contributed by atoms with Gasteiger partial charge in [-0.3, -0.25) is 14.7 Å². The highest BCUT2D eigenvalue weighted by molar-refractivity contribution is 7.09. The van der Waals surface area contributed by atoms with E-state index in [-0.39, 0.29) is 0 Å². The minimum atomic E-state index is -0.556. The molecule has 0 fully saturated rings. The molecule has 0 saturated carbocycles. The van der Waals surface area contributed by atoms with Gasteiger partial charge in [-0.05, 0) is 19.1 Å². The molecule has 0 spiro atoms. The number of hydrogen-bond donors (Lipinski definition) is 2. The highest BCUT2D eigenvalue weighted by Crippen LogP contribution is 2.18. The highest BCUT2D eigenvalue weighted by atomic mass is 32.1. The van der Waals surface area contributed by atoms with Crippen molar-refractivity contribution in [3.63, 3.8) is 0 Å². The zero-order chi connectivity index (χ0) is 16.2. The first-order valence-electron chi connectivity index (χ1n) is 7.01. The molecule has 0 bridgehead atoms. The van der Waals surface area contributed by atoms with Gasteiger partial charge in [-0.2, -0.15) is 0 Å². The van der Waals surface area contributed by atoms with E-state index in [1.807, 2.05) is 24.7 Å². The van der Waals surface area contributed by atoms with Gasteiger partial charge in [0.1, 0.15) is 5.69 Å². The second-order valence-corrected chi connectivity index (χ2v) is 5.94. The van der Waals surface area contributed by atoms with Crippen molar-refractivity contribution in [2.75, 3.05) is 0 Å². The summed E-state index contributed by atoms with van der Waals surface area (Å²) in [5.74, 6) is -0.556. The van der Waals surface area contributed by atoms with Crippen LogP contribution in [0, 0.1) is 6.92 Å². The van der Waals surface area contributed by atoms with Crippen LogP contribution < -0.4 is 5.48 Å². The standard InChI is InChI=1S/C15H15N5O2S/c1-10-14(23-9-16-10)5-6-20-8-13(17-19-20)11-3-2-4-12(7-11)15(21)18-22/h2-4,7-9,22H,5-6H2,1H3,(H,18,21). The van der Waals surface area contributed by atoms with Crippen LogP contribution in [0.4, 0.5) is 0 Å². The fraction of sp³-hybridized carbons (Fsp3) is 0.200. The van der Waals surface area contributed by atoms with Crippen LogP contribution in [0.15, 0.2) is 36.0 Å². The van der Waals surface area contributed by atoms with E-state index in [1.165, 1.54) is 4.88 Å². The third-order valence-corrected chi connectivity index (χ3v) is 4.47. The van der Waals surface area contributed by atoms with Gasteiger partial charge in [0.15, 0.2) is 0 Å². The second kappa shape index (κ2) is 6.67. The largest absolute Gasteiger partial charge is 0.288 e. The van der Waals surface area contributed by atoms with Gasteiger partial charge in [0.2, 0.25) is 0 Å². The highest BCUT2D eigenvalue weighted by Gasteiger charge is 2.09. The lowest BCUT2D eigenvalue weighted by Crippen LogP contribution is -2.18. The van der Waals surface area contributed by atoms with Gasteiger partial charge < -0.3 is 0 Å². The number of thiazole rings is 1.